The first-order chi connectivity index (χ1) is 25.1. The number of carbonyl (C=O) groups excluding carboxylic acids is 2. The Morgan fingerprint density at radius 1 is 0.981 bits per heavy atom. The SMILES string of the molecule is Cc1cccc(C)c1-c1cc2nc(n1)NS(=O)(=O)c1cccc(c1)C(=O)N(C1CC3(CCN(C(=O)OC(C)(C)C)CC3)C1)[C@H](CC(C)(C)C(F)(F)F)CO2. The van der Waals surface area contributed by atoms with Gasteiger partial charge in [0.15, 0.2) is 0 Å². The van der Waals surface area contributed by atoms with Crippen LogP contribution in [0.1, 0.15) is 88.2 Å². The second-order valence-corrected chi connectivity index (χ2v) is 18.3. The zero-order chi connectivity index (χ0) is 39.4. The van der Waals surface area contributed by atoms with Gasteiger partial charge in [0.2, 0.25) is 11.8 Å². The number of nitrogens with one attached hydrogen (secondary N) is 1. The largest absolute Gasteiger partial charge is 0.475 e. The van der Waals surface area contributed by atoms with E-state index in [9.17, 15) is 31.2 Å². The summed E-state index contributed by atoms with van der Waals surface area (Å²) in [4.78, 5) is 39.2. The number of carbonyl (C=O) groups is 2. The molecular weight excluding hydrogens is 724 g/mol. The minimum atomic E-state index is -4.60. The predicted molar refractivity (Wildman–Crippen MR) is 197 cm³/mol. The van der Waals surface area contributed by atoms with Gasteiger partial charge in [0.05, 0.1) is 22.0 Å². The highest BCUT2D eigenvalue weighted by atomic mass is 32.2. The lowest BCUT2D eigenvalue weighted by Gasteiger charge is -2.56. The van der Waals surface area contributed by atoms with Crippen molar-refractivity contribution in [3.8, 4) is 17.1 Å². The molecule has 6 rings (SSSR count). The molecule has 1 atom stereocenters. The number of hydrogen-bond donors (Lipinski definition) is 1. The lowest BCUT2D eigenvalue weighted by Crippen LogP contribution is -2.61. The molecule has 15 heteroatoms. The van der Waals surface area contributed by atoms with Crippen LogP contribution in [-0.2, 0) is 14.8 Å². The Balaban J connectivity index is 1.40. The van der Waals surface area contributed by atoms with E-state index in [0.29, 0.717) is 44.5 Å². The van der Waals surface area contributed by atoms with E-state index < -0.39 is 57.7 Å². The van der Waals surface area contributed by atoms with Crippen molar-refractivity contribution in [2.24, 2.45) is 10.8 Å². The Morgan fingerprint density at radius 3 is 2.22 bits per heavy atom. The molecule has 1 N–H and O–H groups in total. The predicted octanol–water partition coefficient (Wildman–Crippen LogP) is 7.92. The van der Waals surface area contributed by atoms with Crippen molar-refractivity contribution in [2.75, 3.05) is 24.4 Å². The lowest BCUT2D eigenvalue weighted by molar-refractivity contribution is -0.219. The van der Waals surface area contributed by atoms with Gasteiger partial charge in [0.25, 0.3) is 15.9 Å². The number of likely N-dealkylation sites (tertiary alicyclic amines) is 1. The highest BCUT2D eigenvalue weighted by Gasteiger charge is 2.54. The van der Waals surface area contributed by atoms with Gasteiger partial charge in [-0.2, -0.15) is 18.2 Å². The molecule has 292 valence electrons. The fourth-order valence-corrected chi connectivity index (χ4v) is 8.79. The maximum Gasteiger partial charge on any atom is 0.410 e. The fraction of sp³-hybridized carbons (Fsp3) is 0.538. The Morgan fingerprint density at radius 2 is 1.61 bits per heavy atom. The maximum atomic E-state index is 14.6. The zero-order valence-electron chi connectivity index (χ0n) is 31.7. The molecule has 11 nitrogen and oxygen atoms in total. The summed E-state index contributed by atoms with van der Waals surface area (Å²) in [6.45, 7) is 11.9. The first-order valence-electron chi connectivity index (χ1n) is 18.2. The van der Waals surface area contributed by atoms with E-state index in [1.165, 1.54) is 35.2 Å². The molecule has 4 bridgehead atoms. The van der Waals surface area contributed by atoms with Gasteiger partial charge in [-0.05, 0) is 101 Å². The van der Waals surface area contributed by atoms with E-state index in [-0.39, 0.29) is 34.3 Å². The van der Waals surface area contributed by atoms with Crippen LogP contribution in [0.15, 0.2) is 53.4 Å². The second kappa shape index (κ2) is 14.0. The topological polar surface area (TPSA) is 131 Å². The minimum Gasteiger partial charge on any atom is -0.475 e. The number of aryl methyl sites for hydroxylation is 2. The minimum absolute atomic E-state index is 0.0106. The van der Waals surface area contributed by atoms with Gasteiger partial charge in [0, 0.05) is 36.3 Å². The molecule has 3 aliphatic rings. The molecule has 0 unspecified atom stereocenters. The van der Waals surface area contributed by atoms with Crippen molar-refractivity contribution < 1.29 is 40.7 Å². The number of halogens is 3. The van der Waals surface area contributed by atoms with Crippen LogP contribution in [0, 0.1) is 24.7 Å². The van der Waals surface area contributed by atoms with E-state index in [2.05, 4.69) is 14.7 Å². The summed E-state index contributed by atoms with van der Waals surface area (Å²) in [7, 11) is -4.33. The van der Waals surface area contributed by atoms with Crippen LogP contribution in [0.3, 0.4) is 0 Å². The number of ether oxygens (including phenoxy) is 2. The Kier molecular flexibility index (Phi) is 10.2. The molecule has 2 aliphatic heterocycles. The third kappa shape index (κ3) is 8.15. The third-order valence-corrected chi connectivity index (χ3v) is 12.2. The first kappa shape index (κ1) is 39.3. The van der Waals surface area contributed by atoms with Gasteiger partial charge in [-0.15, -0.1) is 0 Å². The average Bonchev–Trinajstić information content (AvgIpc) is 3.05. The summed E-state index contributed by atoms with van der Waals surface area (Å²) in [5.74, 6) is -0.949. The van der Waals surface area contributed by atoms with Gasteiger partial charge in [-0.25, -0.2) is 22.9 Å². The average molecular weight is 772 g/mol. The molecule has 3 heterocycles. The number of hydrogen-bond acceptors (Lipinski definition) is 8. The standard InChI is InChI=1S/C39H48F3N5O6S/c1-24-10-8-11-25(2)32(24)30-19-31-44-34(43-30)45-54(50,51)29-13-9-12-26(18-29)33(48)47(28(23-52-31)20-37(6,7)39(40,41)42)27-21-38(22-27)14-16-46(17-15-38)35(49)53-36(3,4)5/h8-13,18-19,27-28H,14-17,20-23H2,1-7H3,(H,43,44,45)/t28-/m1/s1. The van der Waals surface area contributed by atoms with Crippen LogP contribution in [0.4, 0.5) is 23.9 Å². The fourth-order valence-electron chi connectivity index (χ4n) is 7.80. The van der Waals surface area contributed by atoms with Crippen molar-refractivity contribution in [3.63, 3.8) is 0 Å². The first-order valence-corrected chi connectivity index (χ1v) is 19.6. The number of nitrogens with zero attached hydrogens (tertiary/aromatic N) is 4. The number of benzene rings is 2. The number of amides is 2. The van der Waals surface area contributed by atoms with Crippen LogP contribution in [-0.4, -0.2) is 83.7 Å². The summed E-state index contributed by atoms with van der Waals surface area (Å²) < 4.78 is 85.4. The number of fused-ring (bicyclic) bond motifs is 4. The monoisotopic (exact) mass is 771 g/mol. The van der Waals surface area contributed by atoms with Crippen molar-refractivity contribution >= 4 is 28.0 Å². The smallest absolute Gasteiger partial charge is 0.410 e. The number of piperidine rings is 1. The van der Waals surface area contributed by atoms with Crippen molar-refractivity contribution in [1.82, 2.24) is 19.8 Å². The van der Waals surface area contributed by atoms with E-state index in [1.54, 1.807) is 25.7 Å². The van der Waals surface area contributed by atoms with Gasteiger partial charge < -0.3 is 19.3 Å². The zero-order valence-corrected chi connectivity index (χ0v) is 32.5. The van der Waals surface area contributed by atoms with Crippen LogP contribution in [0.2, 0.25) is 0 Å². The summed E-state index contributed by atoms with van der Waals surface area (Å²) in [6.07, 6.45) is -3.21. The molecule has 1 saturated heterocycles. The summed E-state index contributed by atoms with van der Waals surface area (Å²) in [5, 5.41) is 0. The summed E-state index contributed by atoms with van der Waals surface area (Å²) in [5.41, 5.74) is -0.287. The number of rotatable bonds is 4. The van der Waals surface area contributed by atoms with E-state index in [0.717, 1.165) is 30.5 Å². The molecule has 2 aromatic carbocycles. The molecule has 2 fully saturated rings. The summed E-state index contributed by atoms with van der Waals surface area (Å²) >= 11 is 0. The second-order valence-electron chi connectivity index (χ2n) is 16.6. The van der Waals surface area contributed by atoms with Gasteiger partial charge in [-0.1, -0.05) is 38.1 Å². The van der Waals surface area contributed by atoms with Crippen molar-refractivity contribution in [1.29, 1.82) is 0 Å². The number of anilines is 1. The van der Waals surface area contributed by atoms with Gasteiger partial charge >= 0.3 is 12.3 Å². The molecule has 54 heavy (non-hydrogen) atoms. The molecule has 1 spiro atoms. The number of aromatic nitrogens is 2. The summed E-state index contributed by atoms with van der Waals surface area (Å²) in [6, 6.07) is 11.1. The van der Waals surface area contributed by atoms with Crippen molar-refractivity contribution in [2.45, 2.75) is 109 Å². The van der Waals surface area contributed by atoms with Gasteiger partial charge in [-0.3, -0.25) is 4.79 Å². The highest BCUT2D eigenvalue weighted by molar-refractivity contribution is 7.92. The van der Waals surface area contributed by atoms with Crippen LogP contribution in [0.5, 0.6) is 5.88 Å². The molecular formula is C39H48F3N5O6S. The normalized spacial score (nSPS) is 20.5. The number of sulfonamides is 1. The van der Waals surface area contributed by atoms with E-state index >= 15 is 0 Å². The van der Waals surface area contributed by atoms with E-state index in [4.69, 9.17) is 9.47 Å². The van der Waals surface area contributed by atoms with Gasteiger partial charge in [0.1, 0.15) is 12.2 Å². The molecule has 0 radical (unpaired) electrons. The van der Waals surface area contributed by atoms with Crippen LogP contribution in [0.25, 0.3) is 11.3 Å². The quantitative estimate of drug-likeness (QED) is 0.283. The Hall–Kier alpha value is -4.40. The molecule has 3 aromatic rings. The highest BCUT2D eigenvalue weighted by Crippen LogP contribution is 2.53. The number of alkyl halides is 3. The lowest BCUT2D eigenvalue weighted by atomic mass is 9.59. The van der Waals surface area contributed by atoms with Crippen molar-refractivity contribution in [3.05, 3.63) is 65.2 Å². The molecule has 1 saturated carbocycles. The van der Waals surface area contributed by atoms with Crippen LogP contribution >= 0.6 is 0 Å². The Labute approximate surface area is 314 Å². The maximum absolute atomic E-state index is 14.6. The molecule has 1 aliphatic carbocycles. The molecule has 2 amide bonds. The third-order valence-electron chi connectivity index (χ3n) is 10.8. The molecule has 1 aromatic heterocycles. The Bertz CT molecular complexity index is 2010. The van der Waals surface area contributed by atoms with E-state index in [1.807, 2.05) is 32.0 Å². The van der Waals surface area contributed by atoms with Crippen LogP contribution < -0.4 is 9.46 Å².